The minimum atomic E-state index is -1.04. The van der Waals surface area contributed by atoms with E-state index in [1.807, 2.05) is 31.2 Å². The van der Waals surface area contributed by atoms with Gasteiger partial charge in [0.25, 0.3) is 5.91 Å². The SMILES string of the molecule is Cc1cccc(/C=C(\C#N)C(=O)Nc2ccc(C(=O)O)cc2)c1. The van der Waals surface area contributed by atoms with Crippen LogP contribution in [0.5, 0.6) is 0 Å². The summed E-state index contributed by atoms with van der Waals surface area (Å²) in [6.07, 6.45) is 1.51. The van der Waals surface area contributed by atoms with Gasteiger partial charge in [-0.05, 0) is 42.8 Å². The summed E-state index contributed by atoms with van der Waals surface area (Å²) >= 11 is 0. The van der Waals surface area contributed by atoms with Crippen LogP contribution >= 0.6 is 0 Å². The number of amides is 1. The Morgan fingerprint density at radius 3 is 2.43 bits per heavy atom. The Morgan fingerprint density at radius 1 is 1.17 bits per heavy atom. The first-order valence-electron chi connectivity index (χ1n) is 6.83. The lowest BCUT2D eigenvalue weighted by atomic mass is 10.1. The molecule has 0 spiro atoms. The van der Waals surface area contributed by atoms with Crippen molar-refractivity contribution in [3.05, 3.63) is 70.8 Å². The second-order valence-corrected chi connectivity index (χ2v) is 4.92. The first-order valence-corrected chi connectivity index (χ1v) is 6.83. The van der Waals surface area contributed by atoms with Crippen LogP contribution in [0, 0.1) is 18.3 Å². The van der Waals surface area contributed by atoms with Crippen LogP contribution in [0.1, 0.15) is 21.5 Å². The second kappa shape index (κ2) is 7.05. The molecular formula is C18H14N2O3. The average molecular weight is 306 g/mol. The van der Waals surface area contributed by atoms with Gasteiger partial charge in [-0.3, -0.25) is 4.79 Å². The van der Waals surface area contributed by atoms with Gasteiger partial charge in [-0.15, -0.1) is 0 Å². The number of carbonyl (C=O) groups excluding carboxylic acids is 1. The van der Waals surface area contributed by atoms with E-state index in [1.54, 1.807) is 6.07 Å². The van der Waals surface area contributed by atoms with Gasteiger partial charge in [-0.1, -0.05) is 29.8 Å². The first-order chi connectivity index (χ1) is 11.0. The van der Waals surface area contributed by atoms with Crippen LogP contribution in [0.2, 0.25) is 0 Å². The Balaban J connectivity index is 2.17. The molecule has 0 aliphatic carbocycles. The number of hydrogen-bond acceptors (Lipinski definition) is 3. The molecule has 2 aromatic carbocycles. The molecule has 0 saturated heterocycles. The van der Waals surface area contributed by atoms with Gasteiger partial charge in [-0.2, -0.15) is 5.26 Å². The first kappa shape index (κ1) is 16.0. The number of aryl methyl sites for hydroxylation is 1. The van der Waals surface area contributed by atoms with Crippen molar-refractivity contribution in [1.82, 2.24) is 0 Å². The highest BCUT2D eigenvalue weighted by molar-refractivity contribution is 6.09. The number of nitrogens with one attached hydrogen (secondary N) is 1. The molecule has 0 fully saturated rings. The molecule has 0 bridgehead atoms. The quantitative estimate of drug-likeness (QED) is 0.670. The highest BCUT2D eigenvalue weighted by atomic mass is 16.4. The molecule has 2 N–H and O–H groups in total. The maximum absolute atomic E-state index is 12.1. The smallest absolute Gasteiger partial charge is 0.335 e. The van der Waals surface area contributed by atoms with Crippen LogP contribution < -0.4 is 5.32 Å². The van der Waals surface area contributed by atoms with Crippen molar-refractivity contribution < 1.29 is 14.7 Å². The van der Waals surface area contributed by atoms with E-state index < -0.39 is 11.9 Å². The Morgan fingerprint density at radius 2 is 1.87 bits per heavy atom. The topological polar surface area (TPSA) is 90.2 Å². The molecule has 0 radical (unpaired) electrons. The lowest BCUT2D eigenvalue weighted by Crippen LogP contribution is -2.13. The molecule has 0 aliphatic heterocycles. The van der Waals surface area contributed by atoms with E-state index in [-0.39, 0.29) is 11.1 Å². The zero-order valence-electron chi connectivity index (χ0n) is 12.4. The second-order valence-electron chi connectivity index (χ2n) is 4.92. The third kappa shape index (κ3) is 4.29. The molecule has 0 aromatic heterocycles. The van der Waals surface area contributed by atoms with Gasteiger partial charge in [0.2, 0.25) is 0 Å². The lowest BCUT2D eigenvalue weighted by Gasteiger charge is -2.05. The molecule has 5 heteroatoms. The van der Waals surface area contributed by atoms with Crippen LogP contribution in [0.3, 0.4) is 0 Å². The highest BCUT2D eigenvalue weighted by Crippen LogP contribution is 2.13. The van der Waals surface area contributed by atoms with Crippen molar-refractivity contribution in [2.24, 2.45) is 0 Å². The lowest BCUT2D eigenvalue weighted by molar-refractivity contribution is -0.112. The van der Waals surface area contributed by atoms with Gasteiger partial charge < -0.3 is 10.4 Å². The molecule has 23 heavy (non-hydrogen) atoms. The van der Waals surface area contributed by atoms with E-state index in [1.165, 1.54) is 30.3 Å². The summed E-state index contributed by atoms with van der Waals surface area (Å²) in [7, 11) is 0. The van der Waals surface area contributed by atoms with Crippen LogP contribution in [0.4, 0.5) is 5.69 Å². The minimum absolute atomic E-state index is 0.0297. The Hall–Kier alpha value is -3.39. The Kier molecular flexibility index (Phi) is 4.90. The fourth-order valence-corrected chi connectivity index (χ4v) is 1.97. The molecule has 114 valence electrons. The summed E-state index contributed by atoms with van der Waals surface area (Å²) in [5, 5.41) is 20.6. The van der Waals surface area contributed by atoms with E-state index in [0.29, 0.717) is 5.69 Å². The third-order valence-corrected chi connectivity index (χ3v) is 3.11. The zero-order chi connectivity index (χ0) is 16.8. The van der Waals surface area contributed by atoms with Crippen LogP contribution in [-0.2, 0) is 4.79 Å². The van der Waals surface area contributed by atoms with Crippen molar-refractivity contribution in [2.45, 2.75) is 6.92 Å². The number of aromatic carboxylic acids is 1. The highest BCUT2D eigenvalue weighted by Gasteiger charge is 2.10. The number of nitrogens with zero attached hydrogens (tertiary/aromatic N) is 1. The molecule has 5 nitrogen and oxygen atoms in total. The van der Waals surface area contributed by atoms with E-state index in [0.717, 1.165) is 11.1 Å². The van der Waals surface area contributed by atoms with Gasteiger partial charge in [0, 0.05) is 5.69 Å². The number of hydrogen-bond donors (Lipinski definition) is 2. The number of anilines is 1. The maximum atomic E-state index is 12.1. The molecule has 2 aromatic rings. The van der Waals surface area contributed by atoms with E-state index >= 15 is 0 Å². The number of carboxylic acids is 1. The molecule has 0 atom stereocenters. The molecule has 0 saturated carbocycles. The van der Waals surface area contributed by atoms with Crippen molar-refractivity contribution in [1.29, 1.82) is 5.26 Å². The molecule has 0 unspecified atom stereocenters. The molecule has 0 heterocycles. The van der Waals surface area contributed by atoms with Crippen molar-refractivity contribution in [3.63, 3.8) is 0 Å². The summed E-state index contributed by atoms with van der Waals surface area (Å²) in [5.41, 5.74) is 2.31. The monoisotopic (exact) mass is 306 g/mol. The van der Waals surface area contributed by atoms with E-state index in [2.05, 4.69) is 5.32 Å². The van der Waals surface area contributed by atoms with Gasteiger partial charge in [0.15, 0.2) is 0 Å². The zero-order valence-corrected chi connectivity index (χ0v) is 12.4. The third-order valence-electron chi connectivity index (χ3n) is 3.11. The summed E-state index contributed by atoms with van der Waals surface area (Å²) in [6, 6.07) is 15.0. The van der Waals surface area contributed by atoms with Crippen molar-refractivity contribution >= 4 is 23.6 Å². The number of nitriles is 1. The Bertz CT molecular complexity index is 815. The van der Waals surface area contributed by atoms with Gasteiger partial charge in [-0.25, -0.2) is 4.79 Å². The minimum Gasteiger partial charge on any atom is -0.478 e. The van der Waals surface area contributed by atoms with Crippen LogP contribution in [-0.4, -0.2) is 17.0 Å². The average Bonchev–Trinajstić information content (AvgIpc) is 2.53. The van der Waals surface area contributed by atoms with E-state index in [9.17, 15) is 9.59 Å². The molecular weight excluding hydrogens is 292 g/mol. The predicted octanol–water partition coefficient (Wildman–Crippen LogP) is 3.24. The van der Waals surface area contributed by atoms with E-state index in [4.69, 9.17) is 10.4 Å². The number of carbonyl (C=O) groups is 2. The fraction of sp³-hybridized carbons (Fsp3) is 0.0556. The van der Waals surface area contributed by atoms with Gasteiger partial charge in [0.05, 0.1) is 5.56 Å². The number of carboxylic acid groups (broad SMARTS) is 1. The van der Waals surface area contributed by atoms with Gasteiger partial charge in [0.1, 0.15) is 11.6 Å². The number of benzene rings is 2. The standard InChI is InChI=1S/C18H14N2O3/c1-12-3-2-4-13(9-12)10-15(11-19)17(21)20-16-7-5-14(6-8-16)18(22)23/h2-10H,1H3,(H,20,21)(H,22,23)/b15-10+. The Labute approximate surface area is 133 Å². The normalized spacial score (nSPS) is 10.7. The van der Waals surface area contributed by atoms with Gasteiger partial charge >= 0.3 is 5.97 Å². The maximum Gasteiger partial charge on any atom is 0.335 e. The summed E-state index contributed by atoms with van der Waals surface area (Å²) in [4.78, 5) is 22.9. The number of rotatable bonds is 4. The molecule has 2 rings (SSSR count). The summed E-state index contributed by atoms with van der Waals surface area (Å²) < 4.78 is 0. The molecule has 1 amide bonds. The predicted molar refractivity (Wildman–Crippen MR) is 86.8 cm³/mol. The van der Waals surface area contributed by atoms with Crippen LogP contribution in [0.25, 0.3) is 6.08 Å². The van der Waals surface area contributed by atoms with Crippen molar-refractivity contribution in [2.75, 3.05) is 5.32 Å². The summed E-state index contributed by atoms with van der Waals surface area (Å²) in [5.74, 6) is -1.59. The van der Waals surface area contributed by atoms with Crippen LogP contribution in [0.15, 0.2) is 54.1 Å². The summed E-state index contributed by atoms with van der Waals surface area (Å²) in [6.45, 7) is 1.92. The van der Waals surface area contributed by atoms with Crippen molar-refractivity contribution in [3.8, 4) is 6.07 Å². The molecule has 0 aliphatic rings. The largest absolute Gasteiger partial charge is 0.478 e. The fourth-order valence-electron chi connectivity index (χ4n) is 1.97.